The summed E-state index contributed by atoms with van der Waals surface area (Å²) in [6, 6.07) is 7.73. The van der Waals surface area contributed by atoms with E-state index in [2.05, 4.69) is 49.6 Å². The third kappa shape index (κ3) is 3.22. The summed E-state index contributed by atoms with van der Waals surface area (Å²) in [4.78, 5) is 0. The van der Waals surface area contributed by atoms with Crippen molar-refractivity contribution in [2.24, 2.45) is 0 Å². The summed E-state index contributed by atoms with van der Waals surface area (Å²) in [5.41, 5.74) is 4.02. The second-order valence-electron chi connectivity index (χ2n) is 5.32. The van der Waals surface area contributed by atoms with E-state index in [1.165, 1.54) is 42.6 Å². The molecule has 2 N–H and O–H groups in total. The van der Waals surface area contributed by atoms with Crippen LogP contribution in [0.2, 0.25) is 0 Å². The summed E-state index contributed by atoms with van der Waals surface area (Å²) >= 11 is 0. The van der Waals surface area contributed by atoms with Crippen LogP contribution in [0.1, 0.15) is 37.3 Å². The molecule has 2 nitrogen and oxygen atoms in total. The fourth-order valence-electron chi connectivity index (χ4n) is 2.62. The van der Waals surface area contributed by atoms with Gasteiger partial charge in [-0.2, -0.15) is 0 Å². The van der Waals surface area contributed by atoms with Crippen LogP contribution in [0.3, 0.4) is 0 Å². The molecule has 1 aliphatic heterocycles. The quantitative estimate of drug-likeness (QED) is 0.832. The Hall–Kier alpha value is -1.02. The van der Waals surface area contributed by atoms with Crippen molar-refractivity contribution in [1.82, 2.24) is 5.32 Å². The molecule has 94 valence electrons. The molecule has 1 aliphatic rings. The van der Waals surface area contributed by atoms with Gasteiger partial charge in [0.2, 0.25) is 0 Å². The lowest BCUT2D eigenvalue weighted by atomic mass is 10.0. The van der Waals surface area contributed by atoms with Crippen molar-refractivity contribution in [3.05, 3.63) is 29.3 Å². The minimum Gasteiger partial charge on any atom is -0.382 e. The lowest BCUT2D eigenvalue weighted by molar-refractivity contribution is 0.523. The van der Waals surface area contributed by atoms with Crippen molar-refractivity contribution in [2.75, 3.05) is 11.9 Å². The average Bonchev–Trinajstić information content (AvgIpc) is 2.77. The van der Waals surface area contributed by atoms with Gasteiger partial charge in [-0.05, 0) is 63.8 Å². The fourth-order valence-corrected chi connectivity index (χ4v) is 2.62. The summed E-state index contributed by atoms with van der Waals surface area (Å²) < 4.78 is 0. The first-order chi connectivity index (χ1) is 8.16. The van der Waals surface area contributed by atoms with Crippen LogP contribution in [0, 0.1) is 13.8 Å². The van der Waals surface area contributed by atoms with E-state index in [9.17, 15) is 0 Å². The molecule has 1 fully saturated rings. The first-order valence-electron chi connectivity index (χ1n) is 6.73. The number of hydrogen-bond donors (Lipinski definition) is 2. The smallest absolute Gasteiger partial charge is 0.0374 e. The highest BCUT2D eigenvalue weighted by molar-refractivity contribution is 5.54. The Morgan fingerprint density at radius 1 is 1.41 bits per heavy atom. The second kappa shape index (κ2) is 5.54. The molecule has 1 heterocycles. The summed E-state index contributed by atoms with van der Waals surface area (Å²) in [6.45, 7) is 7.84. The van der Waals surface area contributed by atoms with E-state index in [1.54, 1.807) is 0 Å². The van der Waals surface area contributed by atoms with Gasteiger partial charge < -0.3 is 10.6 Å². The van der Waals surface area contributed by atoms with E-state index in [0.717, 1.165) is 0 Å². The van der Waals surface area contributed by atoms with Gasteiger partial charge in [0.1, 0.15) is 0 Å². The number of rotatable bonds is 4. The van der Waals surface area contributed by atoms with Gasteiger partial charge in [-0.1, -0.05) is 12.1 Å². The van der Waals surface area contributed by atoms with Crippen LogP contribution in [0.15, 0.2) is 18.2 Å². The van der Waals surface area contributed by atoms with Gasteiger partial charge in [-0.25, -0.2) is 0 Å². The van der Waals surface area contributed by atoms with E-state index >= 15 is 0 Å². The molecule has 2 unspecified atom stereocenters. The van der Waals surface area contributed by atoms with Crippen LogP contribution in [0.5, 0.6) is 0 Å². The lowest BCUT2D eigenvalue weighted by Gasteiger charge is -2.21. The normalized spacial score (nSPS) is 21.5. The zero-order valence-corrected chi connectivity index (χ0v) is 11.2. The first-order valence-corrected chi connectivity index (χ1v) is 6.73. The summed E-state index contributed by atoms with van der Waals surface area (Å²) in [7, 11) is 0. The van der Waals surface area contributed by atoms with Crippen LogP contribution < -0.4 is 10.6 Å². The Kier molecular flexibility index (Phi) is 4.06. The van der Waals surface area contributed by atoms with Gasteiger partial charge in [0.05, 0.1) is 0 Å². The topological polar surface area (TPSA) is 24.1 Å². The molecule has 0 aromatic heterocycles. The van der Waals surface area contributed by atoms with Crippen molar-refractivity contribution in [3.63, 3.8) is 0 Å². The predicted molar refractivity (Wildman–Crippen MR) is 74.6 cm³/mol. The molecule has 2 atom stereocenters. The third-order valence-electron chi connectivity index (χ3n) is 3.81. The van der Waals surface area contributed by atoms with Crippen LogP contribution in [-0.4, -0.2) is 18.6 Å². The highest BCUT2D eigenvalue weighted by atomic mass is 15.0. The SMILES string of the molecule is Cc1cccc(NC(C)CC2CCCN2)c1C. The molecule has 0 saturated carbocycles. The number of anilines is 1. The molecule has 17 heavy (non-hydrogen) atoms. The molecule has 1 aromatic carbocycles. The standard InChI is InChI=1S/C15H24N2/c1-11-6-4-8-15(13(11)3)17-12(2)10-14-7-5-9-16-14/h4,6,8,12,14,16-17H,5,7,9-10H2,1-3H3. The average molecular weight is 232 g/mol. The monoisotopic (exact) mass is 232 g/mol. The van der Waals surface area contributed by atoms with E-state index in [0.29, 0.717) is 12.1 Å². The van der Waals surface area contributed by atoms with E-state index in [1.807, 2.05) is 0 Å². The molecule has 2 rings (SSSR count). The molecule has 0 aliphatic carbocycles. The molecular formula is C15H24N2. The molecule has 1 aromatic rings. The predicted octanol–water partition coefficient (Wildman–Crippen LogP) is 3.25. The van der Waals surface area contributed by atoms with Gasteiger partial charge in [-0.15, -0.1) is 0 Å². The highest BCUT2D eigenvalue weighted by Gasteiger charge is 2.17. The minimum absolute atomic E-state index is 0.533. The van der Waals surface area contributed by atoms with Gasteiger partial charge in [0.15, 0.2) is 0 Å². The van der Waals surface area contributed by atoms with Crippen molar-refractivity contribution in [2.45, 2.75) is 52.1 Å². The Labute approximate surface area is 105 Å². The van der Waals surface area contributed by atoms with Crippen molar-refractivity contribution in [3.8, 4) is 0 Å². The minimum atomic E-state index is 0.533. The Bertz CT molecular complexity index is 367. The van der Waals surface area contributed by atoms with Crippen LogP contribution >= 0.6 is 0 Å². The fraction of sp³-hybridized carbons (Fsp3) is 0.600. The number of benzene rings is 1. The van der Waals surface area contributed by atoms with E-state index in [4.69, 9.17) is 0 Å². The maximum atomic E-state index is 3.64. The van der Waals surface area contributed by atoms with Crippen molar-refractivity contribution in [1.29, 1.82) is 0 Å². The first kappa shape index (κ1) is 12.4. The Morgan fingerprint density at radius 2 is 2.24 bits per heavy atom. The van der Waals surface area contributed by atoms with E-state index in [-0.39, 0.29) is 0 Å². The lowest BCUT2D eigenvalue weighted by Crippen LogP contribution is -2.29. The van der Waals surface area contributed by atoms with Crippen molar-refractivity contribution >= 4 is 5.69 Å². The maximum absolute atomic E-state index is 3.64. The summed E-state index contributed by atoms with van der Waals surface area (Å²) in [6.07, 6.45) is 3.88. The number of aryl methyl sites for hydroxylation is 1. The maximum Gasteiger partial charge on any atom is 0.0374 e. The Balaban J connectivity index is 1.93. The molecule has 0 bridgehead atoms. The molecule has 1 saturated heterocycles. The third-order valence-corrected chi connectivity index (χ3v) is 3.81. The van der Waals surface area contributed by atoms with Crippen molar-refractivity contribution < 1.29 is 0 Å². The van der Waals surface area contributed by atoms with Gasteiger partial charge in [-0.3, -0.25) is 0 Å². The summed E-state index contributed by atoms with van der Waals surface area (Å²) in [5, 5.41) is 7.20. The Morgan fingerprint density at radius 3 is 2.94 bits per heavy atom. The zero-order valence-electron chi connectivity index (χ0n) is 11.2. The molecule has 0 spiro atoms. The highest BCUT2D eigenvalue weighted by Crippen LogP contribution is 2.20. The van der Waals surface area contributed by atoms with E-state index < -0.39 is 0 Å². The van der Waals surface area contributed by atoms with Crippen LogP contribution in [0.4, 0.5) is 5.69 Å². The molecule has 0 radical (unpaired) electrons. The molecule has 0 amide bonds. The van der Waals surface area contributed by atoms with Gasteiger partial charge >= 0.3 is 0 Å². The molecule has 2 heteroatoms. The van der Waals surface area contributed by atoms with Crippen LogP contribution in [0.25, 0.3) is 0 Å². The van der Waals surface area contributed by atoms with Gasteiger partial charge in [0.25, 0.3) is 0 Å². The zero-order chi connectivity index (χ0) is 12.3. The largest absolute Gasteiger partial charge is 0.382 e. The van der Waals surface area contributed by atoms with Crippen LogP contribution in [-0.2, 0) is 0 Å². The number of hydrogen-bond acceptors (Lipinski definition) is 2. The summed E-state index contributed by atoms with van der Waals surface area (Å²) in [5.74, 6) is 0. The van der Waals surface area contributed by atoms with Gasteiger partial charge in [0, 0.05) is 17.8 Å². The molecular weight excluding hydrogens is 208 g/mol. The second-order valence-corrected chi connectivity index (χ2v) is 5.32. The number of nitrogens with one attached hydrogen (secondary N) is 2.